The van der Waals surface area contributed by atoms with Gasteiger partial charge < -0.3 is 24.0 Å². The van der Waals surface area contributed by atoms with E-state index in [0.29, 0.717) is 31.7 Å². The third-order valence-corrected chi connectivity index (χ3v) is 7.63. The van der Waals surface area contributed by atoms with Gasteiger partial charge in [0.15, 0.2) is 0 Å². The van der Waals surface area contributed by atoms with Crippen molar-refractivity contribution in [3.8, 4) is 5.75 Å². The van der Waals surface area contributed by atoms with Gasteiger partial charge in [0.2, 0.25) is 5.91 Å². The summed E-state index contributed by atoms with van der Waals surface area (Å²) in [5.41, 5.74) is 9.82. The average Bonchev–Trinajstić information content (AvgIpc) is 3.56. The molecule has 13 heteroatoms. The van der Waals surface area contributed by atoms with Crippen molar-refractivity contribution in [2.75, 3.05) is 33.3 Å². The molecule has 5 rings (SSSR count). The molecule has 4 unspecified atom stereocenters. The Morgan fingerprint density at radius 3 is 2.31 bits per heavy atom. The highest BCUT2D eigenvalue weighted by molar-refractivity contribution is 5.80. The molecule has 0 bridgehead atoms. The molecule has 4 aliphatic rings. The van der Waals surface area contributed by atoms with Crippen LogP contribution in [0.4, 0.5) is 18.0 Å². The SMILES string of the molecule is COC1C(C(=O)N2C[C@H]3CN(C(=O)OCc4ccc(OC(F)(F)F)cc4)C[C@@H]3C2)CCC2NNNC21. The summed E-state index contributed by atoms with van der Waals surface area (Å²) in [5.74, 6) is -0.0633. The number of hydrazine groups is 2. The predicted octanol–water partition coefficient (Wildman–Crippen LogP) is 1.39. The molecule has 3 aliphatic heterocycles. The van der Waals surface area contributed by atoms with E-state index in [-0.39, 0.29) is 54.2 Å². The number of hydrogen-bond acceptors (Lipinski definition) is 8. The van der Waals surface area contributed by atoms with Crippen molar-refractivity contribution in [1.82, 2.24) is 26.2 Å². The van der Waals surface area contributed by atoms with E-state index >= 15 is 0 Å². The smallest absolute Gasteiger partial charge is 0.445 e. The number of fused-ring (bicyclic) bond motifs is 2. The quantitative estimate of drug-likeness (QED) is 0.543. The normalized spacial score (nSPS) is 31.8. The number of rotatable bonds is 5. The first kappa shape index (κ1) is 25.1. The largest absolute Gasteiger partial charge is 0.573 e. The standard InChI is InChI=1S/C23H30F3N5O5/c1-34-20-17(6-7-18-19(20)28-29-27-18)21(32)30-8-14-10-31(11-15(14)9-30)22(33)35-12-13-2-4-16(5-3-13)36-23(24,25)26/h2-5,14-15,17-20,27-29H,6-12H2,1H3/t14-,15-,17?,18?,19?,20?/m0/s1. The van der Waals surface area contributed by atoms with Gasteiger partial charge >= 0.3 is 12.5 Å². The maximum absolute atomic E-state index is 13.4. The van der Waals surface area contributed by atoms with E-state index in [1.165, 1.54) is 24.3 Å². The minimum atomic E-state index is -4.75. The van der Waals surface area contributed by atoms with E-state index in [9.17, 15) is 22.8 Å². The van der Waals surface area contributed by atoms with Crippen molar-refractivity contribution in [2.24, 2.45) is 17.8 Å². The van der Waals surface area contributed by atoms with Crippen LogP contribution in [0.3, 0.4) is 0 Å². The van der Waals surface area contributed by atoms with Crippen LogP contribution >= 0.6 is 0 Å². The molecular formula is C23H30F3N5O5. The number of likely N-dealkylation sites (tertiary alicyclic amines) is 2. The Labute approximate surface area is 206 Å². The number of methoxy groups -OCH3 is 1. The summed E-state index contributed by atoms with van der Waals surface area (Å²) in [7, 11) is 1.64. The second-order valence-electron chi connectivity index (χ2n) is 9.84. The molecule has 6 atom stereocenters. The van der Waals surface area contributed by atoms with E-state index in [4.69, 9.17) is 9.47 Å². The summed E-state index contributed by atoms with van der Waals surface area (Å²) in [4.78, 5) is 29.5. The zero-order valence-electron chi connectivity index (χ0n) is 19.8. The first-order chi connectivity index (χ1) is 17.2. The first-order valence-electron chi connectivity index (χ1n) is 12.1. The third kappa shape index (κ3) is 5.24. The van der Waals surface area contributed by atoms with E-state index in [2.05, 4.69) is 21.1 Å². The summed E-state index contributed by atoms with van der Waals surface area (Å²) in [6, 6.07) is 5.45. The highest BCUT2D eigenvalue weighted by Crippen LogP contribution is 2.36. The lowest BCUT2D eigenvalue weighted by molar-refractivity contribution is -0.274. The summed E-state index contributed by atoms with van der Waals surface area (Å²) >= 11 is 0. The van der Waals surface area contributed by atoms with Crippen LogP contribution in [0.15, 0.2) is 24.3 Å². The highest BCUT2D eigenvalue weighted by Gasteiger charge is 2.49. The predicted molar refractivity (Wildman–Crippen MR) is 119 cm³/mol. The Bertz CT molecular complexity index is 950. The minimum Gasteiger partial charge on any atom is -0.445 e. The van der Waals surface area contributed by atoms with Gasteiger partial charge in [-0.15, -0.1) is 13.2 Å². The van der Waals surface area contributed by atoms with Crippen LogP contribution in [-0.4, -0.2) is 79.6 Å². The molecule has 3 N–H and O–H groups in total. The van der Waals surface area contributed by atoms with Gasteiger partial charge in [0.05, 0.1) is 18.1 Å². The molecule has 2 amide bonds. The number of benzene rings is 1. The Balaban J connectivity index is 1.09. The fourth-order valence-electron chi connectivity index (χ4n) is 5.90. The van der Waals surface area contributed by atoms with Crippen LogP contribution in [0, 0.1) is 17.8 Å². The van der Waals surface area contributed by atoms with Crippen molar-refractivity contribution in [2.45, 2.75) is 44.0 Å². The summed E-state index contributed by atoms with van der Waals surface area (Å²) in [5, 5.41) is 0. The Morgan fingerprint density at radius 1 is 1.00 bits per heavy atom. The van der Waals surface area contributed by atoms with Crippen molar-refractivity contribution >= 4 is 12.0 Å². The van der Waals surface area contributed by atoms with Crippen molar-refractivity contribution < 1.29 is 37.0 Å². The maximum Gasteiger partial charge on any atom is 0.573 e. The maximum atomic E-state index is 13.4. The third-order valence-electron chi connectivity index (χ3n) is 7.63. The highest BCUT2D eigenvalue weighted by atomic mass is 19.4. The molecule has 0 radical (unpaired) electrons. The van der Waals surface area contributed by atoms with Crippen LogP contribution in [0.2, 0.25) is 0 Å². The Hall–Kier alpha value is -2.61. The number of alkyl halides is 3. The zero-order valence-corrected chi connectivity index (χ0v) is 19.8. The number of nitrogens with zero attached hydrogens (tertiary/aromatic N) is 2. The molecule has 1 saturated carbocycles. The molecule has 0 aromatic heterocycles. The molecule has 3 heterocycles. The molecule has 10 nitrogen and oxygen atoms in total. The molecule has 198 valence electrons. The van der Waals surface area contributed by atoms with Crippen LogP contribution < -0.4 is 21.1 Å². The van der Waals surface area contributed by atoms with Gasteiger partial charge in [-0.3, -0.25) is 4.79 Å². The van der Waals surface area contributed by atoms with Crippen LogP contribution in [0.25, 0.3) is 0 Å². The number of hydrogen-bond donors (Lipinski definition) is 3. The Morgan fingerprint density at radius 2 is 1.67 bits per heavy atom. The van der Waals surface area contributed by atoms with E-state index in [1.54, 1.807) is 12.0 Å². The second kappa shape index (κ2) is 10.0. The van der Waals surface area contributed by atoms with Gasteiger partial charge in [-0.1, -0.05) is 12.1 Å². The average molecular weight is 514 g/mol. The zero-order chi connectivity index (χ0) is 25.4. The molecule has 1 aromatic rings. The molecule has 0 spiro atoms. The van der Waals surface area contributed by atoms with E-state index in [1.807, 2.05) is 4.90 Å². The molecule has 4 fully saturated rings. The molecule has 1 aliphatic carbocycles. The van der Waals surface area contributed by atoms with E-state index < -0.39 is 12.5 Å². The summed E-state index contributed by atoms with van der Waals surface area (Å²) < 4.78 is 51.8. The van der Waals surface area contributed by atoms with Crippen molar-refractivity contribution in [3.63, 3.8) is 0 Å². The number of carbonyl (C=O) groups is 2. The fraction of sp³-hybridized carbons (Fsp3) is 0.652. The van der Waals surface area contributed by atoms with Gasteiger partial charge in [0.1, 0.15) is 12.4 Å². The fourth-order valence-corrected chi connectivity index (χ4v) is 5.90. The first-order valence-corrected chi connectivity index (χ1v) is 12.1. The van der Waals surface area contributed by atoms with Gasteiger partial charge in [0.25, 0.3) is 0 Å². The lowest BCUT2D eigenvalue weighted by Gasteiger charge is -2.38. The van der Waals surface area contributed by atoms with Crippen molar-refractivity contribution in [1.29, 1.82) is 0 Å². The summed E-state index contributed by atoms with van der Waals surface area (Å²) in [6.07, 6.45) is -3.82. The number of ether oxygens (including phenoxy) is 3. The lowest BCUT2D eigenvalue weighted by atomic mass is 9.79. The number of halogens is 3. The van der Waals surface area contributed by atoms with Gasteiger partial charge in [-0.25, -0.2) is 15.6 Å². The number of amides is 2. The molecule has 3 saturated heterocycles. The number of carbonyl (C=O) groups excluding carboxylic acids is 2. The van der Waals surface area contributed by atoms with Crippen molar-refractivity contribution in [3.05, 3.63) is 29.8 Å². The van der Waals surface area contributed by atoms with Gasteiger partial charge in [-0.2, -0.15) is 5.53 Å². The minimum absolute atomic E-state index is 0.0263. The van der Waals surface area contributed by atoms with E-state index in [0.717, 1.165) is 12.8 Å². The lowest BCUT2D eigenvalue weighted by Crippen LogP contribution is -2.56. The molecule has 36 heavy (non-hydrogen) atoms. The monoisotopic (exact) mass is 513 g/mol. The topological polar surface area (TPSA) is 104 Å². The molecule has 1 aromatic carbocycles. The van der Waals surface area contributed by atoms with Crippen LogP contribution in [-0.2, 0) is 20.9 Å². The Kier molecular flexibility index (Phi) is 6.99. The number of nitrogens with one attached hydrogen (secondary N) is 3. The summed E-state index contributed by atoms with van der Waals surface area (Å²) in [6.45, 7) is 2.15. The second-order valence-corrected chi connectivity index (χ2v) is 9.84. The van der Waals surface area contributed by atoms with Crippen LogP contribution in [0.5, 0.6) is 5.75 Å². The van der Waals surface area contributed by atoms with Crippen LogP contribution in [0.1, 0.15) is 18.4 Å². The van der Waals surface area contributed by atoms with Gasteiger partial charge in [0, 0.05) is 51.2 Å². The van der Waals surface area contributed by atoms with Gasteiger partial charge in [-0.05, 0) is 30.5 Å². The molecular weight excluding hydrogens is 483 g/mol.